The zero-order valence-electron chi connectivity index (χ0n) is 15.2. The molecule has 0 aliphatic carbocycles. The maximum Gasteiger partial charge on any atom is 0.421 e. The summed E-state index contributed by atoms with van der Waals surface area (Å²) in [4.78, 5) is -2.03. The molecule has 0 spiro atoms. The normalized spacial score (nSPS) is 13.0. The van der Waals surface area contributed by atoms with Crippen molar-refractivity contribution in [2.75, 3.05) is 0 Å². The summed E-state index contributed by atoms with van der Waals surface area (Å²) in [5.41, 5.74) is -3.90. The number of rotatable bonds is 3. The number of hydrogen-bond acceptors (Lipinski definition) is 0. The summed E-state index contributed by atoms with van der Waals surface area (Å²) < 4.78 is 123. The Hall–Kier alpha value is -2.62. The van der Waals surface area contributed by atoms with Crippen molar-refractivity contribution >= 4 is 10.9 Å². The first kappa shape index (κ1) is 23.1. The molecule has 0 amide bonds. The lowest BCUT2D eigenvalue weighted by Crippen LogP contribution is -2.21. The molecule has 0 aromatic heterocycles. The zero-order valence-corrected chi connectivity index (χ0v) is 16.1. The lowest BCUT2D eigenvalue weighted by Gasteiger charge is -2.19. The van der Waals surface area contributed by atoms with Gasteiger partial charge in [0.1, 0.15) is 27.6 Å². The van der Waals surface area contributed by atoms with E-state index in [1.165, 1.54) is 0 Å². The van der Waals surface area contributed by atoms with Gasteiger partial charge >= 0.3 is 18.5 Å². The molecule has 3 aromatic rings. The highest BCUT2D eigenvalue weighted by atomic mass is 32.2. The molecule has 0 saturated heterocycles. The Labute approximate surface area is 173 Å². The average molecular weight is 467 g/mol. The third kappa shape index (κ3) is 4.84. The molecule has 0 unspecified atom stereocenters. The Bertz CT molecular complexity index is 928. The number of halogens is 9. The highest BCUT2D eigenvalue weighted by Crippen LogP contribution is 2.47. The van der Waals surface area contributed by atoms with Gasteiger partial charge in [0.25, 0.3) is 0 Å². The fraction of sp³-hybridized carbons (Fsp3) is 0.143. The van der Waals surface area contributed by atoms with Gasteiger partial charge in [-0.2, -0.15) is 39.5 Å². The Balaban J connectivity index is 2.44. The summed E-state index contributed by atoms with van der Waals surface area (Å²) in [5.74, 6) is 0. The quantitative estimate of drug-likeness (QED) is 0.272. The molecule has 0 saturated carbocycles. The summed E-state index contributed by atoms with van der Waals surface area (Å²) in [6.07, 6.45) is -15.0. The van der Waals surface area contributed by atoms with Crippen molar-refractivity contribution in [2.24, 2.45) is 0 Å². The van der Waals surface area contributed by atoms with Gasteiger partial charge in [-0.1, -0.05) is 36.4 Å². The molecule has 0 atom stereocenters. The van der Waals surface area contributed by atoms with Crippen LogP contribution in [0.25, 0.3) is 0 Å². The van der Waals surface area contributed by atoms with Crippen LogP contribution in [0, 0.1) is 0 Å². The second-order valence-electron chi connectivity index (χ2n) is 6.29. The summed E-state index contributed by atoms with van der Waals surface area (Å²) in [7, 11) is -2.35. The minimum atomic E-state index is -4.98. The predicted molar refractivity (Wildman–Crippen MR) is 96.5 cm³/mol. The maximum absolute atomic E-state index is 13.7. The van der Waals surface area contributed by atoms with E-state index in [2.05, 4.69) is 0 Å². The van der Waals surface area contributed by atoms with Crippen LogP contribution in [0.1, 0.15) is 16.7 Å². The van der Waals surface area contributed by atoms with Crippen LogP contribution in [-0.2, 0) is 29.4 Å². The molecule has 31 heavy (non-hydrogen) atoms. The van der Waals surface area contributed by atoms with Crippen LogP contribution in [0.5, 0.6) is 0 Å². The molecule has 0 heterocycles. The van der Waals surface area contributed by atoms with E-state index in [0.29, 0.717) is 18.2 Å². The van der Waals surface area contributed by atoms with Gasteiger partial charge in [-0.05, 0) is 36.4 Å². The van der Waals surface area contributed by atoms with E-state index in [9.17, 15) is 39.5 Å². The molecular formula is C21H12F9S+. The summed E-state index contributed by atoms with van der Waals surface area (Å²) >= 11 is 0. The molecule has 0 fully saturated rings. The molecule has 10 heteroatoms. The molecule has 0 aliphatic heterocycles. The molecule has 3 rings (SSSR count). The van der Waals surface area contributed by atoms with Gasteiger partial charge in [0, 0.05) is 0 Å². The summed E-state index contributed by atoms with van der Waals surface area (Å²) in [6, 6.07) is 11.2. The van der Waals surface area contributed by atoms with Gasteiger partial charge in [0.2, 0.25) is 0 Å². The molecule has 0 bridgehead atoms. The van der Waals surface area contributed by atoms with Crippen LogP contribution in [0.2, 0.25) is 0 Å². The minimum absolute atomic E-state index is 0.641. The SMILES string of the molecule is FC(F)(F)c1ccccc1[S+](c1ccccc1C(F)(F)F)c1ccccc1C(F)(F)F. The zero-order chi connectivity index (χ0) is 23.0. The van der Waals surface area contributed by atoms with Gasteiger partial charge in [0.15, 0.2) is 14.7 Å². The van der Waals surface area contributed by atoms with Crippen LogP contribution >= 0.6 is 0 Å². The number of alkyl halides is 9. The topological polar surface area (TPSA) is 0 Å². The van der Waals surface area contributed by atoms with E-state index < -0.39 is 60.8 Å². The molecule has 164 valence electrons. The smallest absolute Gasteiger partial charge is 0.166 e. The maximum atomic E-state index is 13.7. The fourth-order valence-corrected chi connectivity index (χ4v) is 5.56. The standard InChI is InChI=1S/C21H12F9S/c22-19(23,24)13-7-1-4-10-16(13)31(17-11-5-2-8-14(17)20(25,26)27)18-12-6-3-9-15(18)21(28,29)30/h1-12H/q+1. The van der Waals surface area contributed by atoms with Crippen molar-refractivity contribution < 1.29 is 39.5 Å². The van der Waals surface area contributed by atoms with Crippen LogP contribution in [0.3, 0.4) is 0 Å². The van der Waals surface area contributed by atoms with E-state index in [-0.39, 0.29) is 0 Å². The van der Waals surface area contributed by atoms with Crippen molar-refractivity contribution in [3.05, 3.63) is 89.5 Å². The Morgan fingerprint density at radius 1 is 0.387 bits per heavy atom. The first-order chi connectivity index (χ1) is 14.3. The molecule has 0 nitrogen and oxygen atoms in total. The van der Waals surface area contributed by atoms with Crippen LogP contribution in [0.4, 0.5) is 39.5 Å². The Kier molecular flexibility index (Phi) is 6.05. The molecule has 0 aliphatic rings. The number of hydrogen-bond donors (Lipinski definition) is 0. The lowest BCUT2D eigenvalue weighted by molar-refractivity contribution is -0.140. The lowest BCUT2D eigenvalue weighted by atomic mass is 10.2. The average Bonchev–Trinajstić information content (AvgIpc) is 2.67. The summed E-state index contributed by atoms with van der Waals surface area (Å²) in [6.45, 7) is 0. The van der Waals surface area contributed by atoms with Gasteiger partial charge in [-0.25, -0.2) is 0 Å². The van der Waals surface area contributed by atoms with E-state index in [0.717, 1.165) is 54.6 Å². The fourth-order valence-electron chi connectivity index (χ4n) is 2.99. The Morgan fingerprint density at radius 2 is 0.613 bits per heavy atom. The summed E-state index contributed by atoms with van der Waals surface area (Å²) in [5, 5.41) is 0. The van der Waals surface area contributed by atoms with Crippen molar-refractivity contribution in [3.8, 4) is 0 Å². The molecular weight excluding hydrogens is 455 g/mol. The van der Waals surface area contributed by atoms with Gasteiger partial charge < -0.3 is 0 Å². The van der Waals surface area contributed by atoms with Crippen LogP contribution in [-0.4, -0.2) is 0 Å². The minimum Gasteiger partial charge on any atom is -0.166 e. The molecule has 0 radical (unpaired) electrons. The van der Waals surface area contributed by atoms with Gasteiger partial charge in [-0.3, -0.25) is 0 Å². The second-order valence-corrected chi connectivity index (χ2v) is 8.22. The molecule has 3 aromatic carbocycles. The van der Waals surface area contributed by atoms with E-state index in [1.54, 1.807) is 0 Å². The third-order valence-corrected chi connectivity index (χ3v) is 6.62. The van der Waals surface area contributed by atoms with Gasteiger partial charge in [0.05, 0.1) is 0 Å². The number of benzene rings is 3. The first-order valence-corrected chi connectivity index (χ1v) is 9.77. The van der Waals surface area contributed by atoms with Crippen molar-refractivity contribution in [1.82, 2.24) is 0 Å². The van der Waals surface area contributed by atoms with Crippen molar-refractivity contribution in [3.63, 3.8) is 0 Å². The highest BCUT2D eigenvalue weighted by molar-refractivity contribution is 7.97. The predicted octanol–water partition coefficient (Wildman–Crippen LogP) is 7.84. The Morgan fingerprint density at radius 3 is 0.839 bits per heavy atom. The van der Waals surface area contributed by atoms with E-state index >= 15 is 0 Å². The van der Waals surface area contributed by atoms with Crippen LogP contribution in [0.15, 0.2) is 87.5 Å². The second kappa shape index (κ2) is 8.14. The van der Waals surface area contributed by atoms with Crippen molar-refractivity contribution in [2.45, 2.75) is 33.2 Å². The molecule has 0 N–H and O–H groups in total. The van der Waals surface area contributed by atoms with E-state index in [4.69, 9.17) is 0 Å². The monoisotopic (exact) mass is 467 g/mol. The highest BCUT2D eigenvalue weighted by Gasteiger charge is 2.49. The van der Waals surface area contributed by atoms with Gasteiger partial charge in [-0.15, -0.1) is 0 Å². The van der Waals surface area contributed by atoms with Crippen molar-refractivity contribution in [1.29, 1.82) is 0 Å². The third-order valence-electron chi connectivity index (χ3n) is 4.24. The largest absolute Gasteiger partial charge is 0.421 e. The van der Waals surface area contributed by atoms with Crippen LogP contribution < -0.4 is 0 Å². The first-order valence-electron chi connectivity index (χ1n) is 8.55. The van der Waals surface area contributed by atoms with E-state index in [1.807, 2.05) is 0 Å².